The fourth-order valence-corrected chi connectivity index (χ4v) is 3.48. The van der Waals surface area contributed by atoms with Crippen molar-refractivity contribution in [2.24, 2.45) is 0 Å². The molecule has 0 saturated heterocycles. The second kappa shape index (κ2) is 6.08. The molecule has 2 heterocycles. The molecular formula is C16H15ClO3S. The van der Waals surface area contributed by atoms with Crippen LogP contribution in [0.2, 0.25) is 5.02 Å². The van der Waals surface area contributed by atoms with E-state index in [4.69, 9.17) is 21.1 Å². The van der Waals surface area contributed by atoms with Crippen LogP contribution in [-0.2, 0) is 6.42 Å². The SMILES string of the molecule is CCc1ccsc1C(=O)c1cc2c(cc1Cl)OCCCO2. The molecule has 3 nitrogen and oxygen atoms in total. The van der Waals surface area contributed by atoms with Crippen molar-refractivity contribution in [1.29, 1.82) is 0 Å². The standard InChI is InChI=1S/C16H15ClO3S/c1-2-10-4-7-21-16(10)15(18)11-8-13-14(9-12(11)17)20-6-3-5-19-13/h4,7-9H,2-3,5-6H2,1H3. The van der Waals surface area contributed by atoms with Crippen molar-refractivity contribution in [3.8, 4) is 11.5 Å². The maximum absolute atomic E-state index is 12.7. The maximum atomic E-state index is 12.7. The van der Waals surface area contributed by atoms with Gasteiger partial charge in [-0.2, -0.15) is 0 Å². The fourth-order valence-electron chi connectivity index (χ4n) is 2.29. The zero-order valence-corrected chi connectivity index (χ0v) is 13.2. The molecule has 5 heteroatoms. The van der Waals surface area contributed by atoms with Gasteiger partial charge in [0.2, 0.25) is 5.78 Å². The van der Waals surface area contributed by atoms with Crippen LogP contribution in [0.15, 0.2) is 23.6 Å². The molecule has 1 aromatic carbocycles. The highest BCUT2D eigenvalue weighted by atomic mass is 35.5. The number of ether oxygens (including phenoxy) is 2. The number of hydrogen-bond acceptors (Lipinski definition) is 4. The monoisotopic (exact) mass is 322 g/mol. The number of hydrogen-bond donors (Lipinski definition) is 0. The second-order valence-corrected chi connectivity index (χ2v) is 6.11. The van der Waals surface area contributed by atoms with Crippen molar-refractivity contribution in [2.75, 3.05) is 13.2 Å². The van der Waals surface area contributed by atoms with Crippen molar-refractivity contribution in [2.45, 2.75) is 19.8 Å². The van der Waals surface area contributed by atoms with E-state index >= 15 is 0 Å². The zero-order valence-electron chi connectivity index (χ0n) is 11.6. The molecule has 0 radical (unpaired) electrons. The van der Waals surface area contributed by atoms with E-state index in [1.807, 2.05) is 18.4 Å². The summed E-state index contributed by atoms with van der Waals surface area (Å²) in [5.41, 5.74) is 1.52. The van der Waals surface area contributed by atoms with E-state index in [-0.39, 0.29) is 5.78 Å². The number of fused-ring (bicyclic) bond motifs is 1. The van der Waals surface area contributed by atoms with Crippen LogP contribution < -0.4 is 9.47 Å². The summed E-state index contributed by atoms with van der Waals surface area (Å²) in [5.74, 6) is 1.15. The molecule has 3 rings (SSSR count). The number of carbonyl (C=O) groups excluding carboxylic acids is 1. The Morgan fingerprint density at radius 2 is 2.00 bits per heavy atom. The predicted octanol–water partition coefficient (Wildman–Crippen LogP) is 4.36. The number of rotatable bonds is 3. The van der Waals surface area contributed by atoms with Crippen LogP contribution in [0.25, 0.3) is 0 Å². The third kappa shape index (κ3) is 2.78. The Hall–Kier alpha value is -1.52. The molecule has 0 amide bonds. The molecule has 0 atom stereocenters. The third-order valence-electron chi connectivity index (χ3n) is 3.42. The highest BCUT2D eigenvalue weighted by molar-refractivity contribution is 7.12. The molecule has 0 saturated carbocycles. The molecule has 0 N–H and O–H groups in total. The Balaban J connectivity index is 2.02. The summed E-state index contributed by atoms with van der Waals surface area (Å²) in [6, 6.07) is 5.36. The first-order chi connectivity index (χ1) is 10.2. The first-order valence-electron chi connectivity index (χ1n) is 6.91. The second-order valence-electron chi connectivity index (χ2n) is 4.79. The smallest absolute Gasteiger partial charge is 0.204 e. The van der Waals surface area contributed by atoms with E-state index in [0.29, 0.717) is 35.3 Å². The predicted molar refractivity (Wildman–Crippen MR) is 84.2 cm³/mol. The van der Waals surface area contributed by atoms with Gasteiger partial charge in [-0.3, -0.25) is 4.79 Å². The minimum atomic E-state index is -0.0532. The Morgan fingerprint density at radius 3 is 2.71 bits per heavy atom. The van der Waals surface area contributed by atoms with Gasteiger partial charge >= 0.3 is 0 Å². The lowest BCUT2D eigenvalue weighted by molar-refractivity contribution is 0.104. The van der Waals surface area contributed by atoms with Crippen molar-refractivity contribution >= 4 is 28.7 Å². The number of benzene rings is 1. The third-order valence-corrected chi connectivity index (χ3v) is 4.68. The molecule has 0 spiro atoms. The quantitative estimate of drug-likeness (QED) is 0.788. The Bertz CT molecular complexity index is 678. The van der Waals surface area contributed by atoms with Gasteiger partial charge in [0.25, 0.3) is 0 Å². The summed E-state index contributed by atoms with van der Waals surface area (Å²) >= 11 is 7.72. The van der Waals surface area contributed by atoms with Gasteiger partial charge in [-0.05, 0) is 29.5 Å². The van der Waals surface area contributed by atoms with Gasteiger partial charge < -0.3 is 9.47 Å². The first kappa shape index (κ1) is 14.4. The fraction of sp³-hybridized carbons (Fsp3) is 0.312. The largest absolute Gasteiger partial charge is 0.490 e. The van der Waals surface area contributed by atoms with Crippen LogP contribution in [0.1, 0.15) is 34.1 Å². The van der Waals surface area contributed by atoms with Gasteiger partial charge in [0.15, 0.2) is 11.5 Å². The molecule has 2 aromatic rings. The molecule has 0 fully saturated rings. The summed E-state index contributed by atoms with van der Waals surface area (Å²) in [7, 11) is 0. The van der Waals surface area contributed by atoms with E-state index in [9.17, 15) is 4.79 Å². The maximum Gasteiger partial charge on any atom is 0.204 e. The lowest BCUT2D eigenvalue weighted by Crippen LogP contribution is -2.04. The zero-order chi connectivity index (χ0) is 14.8. The minimum Gasteiger partial charge on any atom is -0.490 e. The number of ketones is 1. The first-order valence-corrected chi connectivity index (χ1v) is 8.16. The molecule has 21 heavy (non-hydrogen) atoms. The van der Waals surface area contributed by atoms with E-state index < -0.39 is 0 Å². The van der Waals surface area contributed by atoms with Crippen LogP contribution >= 0.6 is 22.9 Å². The molecule has 1 aliphatic rings. The molecule has 110 valence electrons. The van der Waals surface area contributed by atoms with Gasteiger partial charge in [-0.15, -0.1) is 11.3 Å². The number of carbonyl (C=O) groups is 1. The van der Waals surface area contributed by atoms with Crippen molar-refractivity contribution in [3.63, 3.8) is 0 Å². The average molecular weight is 323 g/mol. The van der Waals surface area contributed by atoms with E-state index in [1.54, 1.807) is 12.1 Å². The summed E-state index contributed by atoms with van der Waals surface area (Å²) in [5, 5.41) is 2.34. The van der Waals surface area contributed by atoms with E-state index in [0.717, 1.165) is 23.3 Å². The summed E-state index contributed by atoms with van der Waals surface area (Å²) < 4.78 is 11.2. The number of halogens is 1. The van der Waals surface area contributed by atoms with Crippen molar-refractivity contribution < 1.29 is 14.3 Å². The van der Waals surface area contributed by atoms with E-state index in [2.05, 4.69) is 0 Å². The number of aryl methyl sites for hydroxylation is 1. The van der Waals surface area contributed by atoms with Crippen LogP contribution in [0.4, 0.5) is 0 Å². The van der Waals surface area contributed by atoms with Crippen LogP contribution in [0.5, 0.6) is 11.5 Å². The molecule has 0 aliphatic carbocycles. The number of thiophene rings is 1. The van der Waals surface area contributed by atoms with Crippen LogP contribution in [0, 0.1) is 0 Å². The normalized spacial score (nSPS) is 13.8. The lowest BCUT2D eigenvalue weighted by atomic mass is 10.0. The Morgan fingerprint density at radius 1 is 1.29 bits per heavy atom. The lowest BCUT2D eigenvalue weighted by Gasteiger charge is -2.11. The topological polar surface area (TPSA) is 35.5 Å². The highest BCUT2D eigenvalue weighted by Crippen LogP contribution is 2.36. The highest BCUT2D eigenvalue weighted by Gasteiger charge is 2.21. The molecule has 0 bridgehead atoms. The van der Waals surface area contributed by atoms with E-state index in [1.165, 1.54) is 11.3 Å². The van der Waals surface area contributed by atoms with Gasteiger partial charge in [-0.1, -0.05) is 18.5 Å². The Labute approximate surface area is 132 Å². The van der Waals surface area contributed by atoms with Crippen molar-refractivity contribution in [1.82, 2.24) is 0 Å². The van der Waals surface area contributed by atoms with Gasteiger partial charge in [0.1, 0.15) is 0 Å². The Kier molecular flexibility index (Phi) is 4.17. The molecule has 1 aliphatic heterocycles. The van der Waals surface area contributed by atoms with Gasteiger partial charge in [0.05, 0.1) is 23.1 Å². The van der Waals surface area contributed by atoms with Crippen LogP contribution in [-0.4, -0.2) is 19.0 Å². The van der Waals surface area contributed by atoms with Crippen molar-refractivity contribution in [3.05, 3.63) is 44.6 Å². The molecule has 0 unspecified atom stereocenters. The summed E-state index contributed by atoms with van der Waals surface area (Å²) in [6.45, 7) is 3.22. The molecule has 1 aromatic heterocycles. The minimum absolute atomic E-state index is 0.0532. The van der Waals surface area contributed by atoms with Gasteiger partial charge in [-0.25, -0.2) is 0 Å². The summed E-state index contributed by atoms with van der Waals surface area (Å²) in [4.78, 5) is 13.5. The molecular weight excluding hydrogens is 308 g/mol. The van der Waals surface area contributed by atoms with Gasteiger partial charge in [0, 0.05) is 18.1 Å². The van der Waals surface area contributed by atoms with Crippen LogP contribution in [0.3, 0.4) is 0 Å². The summed E-state index contributed by atoms with van der Waals surface area (Å²) in [6.07, 6.45) is 1.65. The average Bonchev–Trinajstić information content (AvgIpc) is 2.85.